The summed E-state index contributed by atoms with van der Waals surface area (Å²) in [4.78, 5) is 10.4. The van der Waals surface area contributed by atoms with Crippen molar-refractivity contribution in [2.75, 3.05) is 32.1 Å². The molecule has 2 aliphatic rings. The maximum Gasteiger partial charge on any atom is 0.158 e. The molecule has 0 radical (unpaired) electrons. The molecule has 2 aliphatic heterocycles. The van der Waals surface area contributed by atoms with Gasteiger partial charge in [-0.15, -0.1) is 0 Å². The zero-order chi connectivity index (χ0) is 21.8. The second kappa shape index (κ2) is 9.56. The second-order valence-corrected chi connectivity index (χ2v) is 7.98. The van der Waals surface area contributed by atoms with E-state index in [4.69, 9.17) is 10.00 Å². The molecule has 3 heterocycles. The van der Waals surface area contributed by atoms with Crippen molar-refractivity contribution in [2.24, 2.45) is 0 Å². The number of nitrogens with zero attached hydrogens (tertiary/aromatic N) is 4. The summed E-state index contributed by atoms with van der Waals surface area (Å²) in [6.45, 7) is 4.37. The van der Waals surface area contributed by atoms with Gasteiger partial charge in [-0.3, -0.25) is 0 Å². The molecule has 2 saturated heterocycles. The molecule has 2 fully saturated rings. The third-order valence-electron chi connectivity index (χ3n) is 6.13. The van der Waals surface area contributed by atoms with Crippen LogP contribution < -0.4 is 20.9 Å². The molecule has 0 bridgehead atoms. The first-order chi connectivity index (χ1) is 15.1. The van der Waals surface area contributed by atoms with Crippen LogP contribution in [0.5, 0.6) is 5.75 Å². The van der Waals surface area contributed by atoms with Gasteiger partial charge in [0.15, 0.2) is 5.69 Å². The van der Waals surface area contributed by atoms with E-state index in [1.807, 2.05) is 24.3 Å². The van der Waals surface area contributed by atoms with Gasteiger partial charge in [0.1, 0.15) is 23.8 Å². The number of anilines is 1. The summed E-state index contributed by atoms with van der Waals surface area (Å²) in [5.41, 5.74) is 8.80. The van der Waals surface area contributed by atoms with Crippen LogP contribution in [0, 0.1) is 11.3 Å². The topological polar surface area (TPSA) is 98.1 Å². The van der Waals surface area contributed by atoms with Crippen LogP contribution in [0.3, 0.4) is 0 Å². The Bertz CT molecular complexity index is 932. The maximum absolute atomic E-state index is 14.8. The van der Waals surface area contributed by atoms with Crippen LogP contribution in [-0.2, 0) is 0 Å². The van der Waals surface area contributed by atoms with E-state index < -0.39 is 6.17 Å². The number of ether oxygens (including phenoxy) is 1. The highest BCUT2D eigenvalue weighted by molar-refractivity contribution is 5.42. The molecule has 4 unspecified atom stereocenters. The lowest BCUT2D eigenvalue weighted by atomic mass is 9.86. The van der Waals surface area contributed by atoms with Gasteiger partial charge < -0.3 is 15.0 Å². The molecule has 0 spiro atoms. The first-order valence-electron chi connectivity index (χ1n) is 10.6. The standard InChI is InChI=1S/C22H28FN7O/c1-3-30-7-6-16(18(23)13-30)14-4-5-17(20(8-14)31-2)19-9-21(29-28-19)27-22-12-25-15(10-24)11-26-22/h4-5,8,11-12,16,18-19,21,28-29H,3,6-7,9,13H2,1-2H3,(H,26,27). The van der Waals surface area contributed by atoms with Crippen molar-refractivity contribution in [2.45, 2.75) is 44.1 Å². The number of hydrogen-bond donors (Lipinski definition) is 3. The monoisotopic (exact) mass is 425 g/mol. The van der Waals surface area contributed by atoms with Crippen LogP contribution in [-0.4, -0.2) is 53.9 Å². The van der Waals surface area contributed by atoms with Gasteiger partial charge in [0.25, 0.3) is 0 Å². The van der Waals surface area contributed by atoms with E-state index in [2.05, 4.69) is 38.0 Å². The molecule has 0 amide bonds. The van der Waals surface area contributed by atoms with Crippen molar-refractivity contribution in [1.29, 1.82) is 5.26 Å². The van der Waals surface area contributed by atoms with Crippen LogP contribution in [0.4, 0.5) is 10.2 Å². The number of likely N-dealkylation sites (tertiary alicyclic amines) is 1. The maximum atomic E-state index is 14.8. The van der Waals surface area contributed by atoms with Crippen LogP contribution in [0.1, 0.15) is 48.5 Å². The van der Waals surface area contributed by atoms with Gasteiger partial charge in [0.2, 0.25) is 0 Å². The number of halogens is 1. The summed E-state index contributed by atoms with van der Waals surface area (Å²) in [5, 5.41) is 12.1. The zero-order valence-electron chi connectivity index (χ0n) is 17.8. The van der Waals surface area contributed by atoms with Gasteiger partial charge in [-0.25, -0.2) is 25.2 Å². The van der Waals surface area contributed by atoms with Crippen molar-refractivity contribution in [3.8, 4) is 11.8 Å². The van der Waals surface area contributed by atoms with Crippen molar-refractivity contribution in [3.05, 3.63) is 47.4 Å². The Morgan fingerprint density at radius 3 is 2.87 bits per heavy atom. The second-order valence-electron chi connectivity index (χ2n) is 7.98. The molecule has 1 aromatic heterocycles. The predicted octanol–water partition coefficient (Wildman–Crippen LogP) is 2.48. The molecule has 8 nitrogen and oxygen atoms in total. The van der Waals surface area contributed by atoms with E-state index in [0.29, 0.717) is 12.4 Å². The van der Waals surface area contributed by atoms with Crippen molar-refractivity contribution < 1.29 is 9.13 Å². The van der Waals surface area contributed by atoms with Gasteiger partial charge in [0.05, 0.1) is 31.7 Å². The van der Waals surface area contributed by atoms with Crippen LogP contribution in [0.15, 0.2) is 30.6 Å². The van der Waals surface area contributed by atoms with Gasteiger partial charge >= 0.3 is 0 Å². The third-order valence-corrected chi connectivity index (χ3v) is 6.13. The number of rotatable bonds is 6. The lowest BCUT2D eigenvalue weighted by Crippen LogP contribution is -2.40. The number of piperidine rings is 1. The minimum atomic E-state index is -0.863. The van der Waals surface area contributed by atoms with Crippen molar-refractivity contribution in [1.82, 2.24) is 25.7 Å². The Morgan fingerprint density at radius 1 is 1.32 bits per heavy atom. The number of hydrogen-bond acceptors (Lipinski definition) is 8. The lowest BCUT2D eigenvalue weighted by Gasteiger charge is -2.34. The molecule has 4 atom stereocenters. The van der Waals surface area contributed by atoms with E-state index >= 15 is 0 Å². The summed E-state index contributed by atoms with van der Waals surface area (Å²) in [6, 6.07) is 8.04. The van der Waals surface area contributed by atoms with E-state index in [0.717, 1.165) is 42.8 Å². The summed E-state index contributed by atoms with van der Waals surface area (Å²) in [5.74, 6) is 1.26. The van der Waals surface area contributed by atoms with E-state index in [1.54, 1.807) is 13.3 Å². The minimum Gasteiger partial charge on any atom is -0.496 e. The Balaban J connectivity index is 1.43. The van der Waals surface area contributed by atoms with Crippen LogP contribution in [0.25, 0.3) is 0 Å². The Hall–Kier alpha value is -2.80. The fraction of sp³-hybridized carbons (Fsp3) is 0.500. The van der Waals surface area contributed by atoms with Gasteiger partial charge in [-0.2, -0.15) is 5.26 Å². The normalized spacial score (nSPS) is 26.4. The average Bonchev–Trinajstić information content (AvgIpc) is 3.27. The number of nitriles is 1. The molecule has 9 heteroatoms. The zero-order valence-corrected chi connectivity index (χ0v) is 17.8. The van der Waals surface area contributed by atoms with E-state index in [-0.39, 0.29) is 23.8 Å². The van der Waals surface area contributed by atoms with Gasteiger partial charge in [0, 0.05) is 24.4 Å². The van der Waals surface area contributed by atoms with E-state index in [1.165, 1.54) is 6.20 Å². The molecule has 0 saturated carbocycles. The summed E-state index contributed by atoms with van der Waals surface area (Å²) in [6.07, 6.45) is 3.62. The number of nitrogens with one attached hydrogen (secondary N) is 3. The SMILES string of the molecule is CCN1CCC(c2ccc(C3CC(Nc4cnc(C#N)cn4)NN3)c(OC)c2)C(F)C1. The highest BCUT2D eigenvalue weighted by Crippen LogP contribution is 2.36. The average molecular weight is 426 g/mol. The number of benzene rings is 1. The molecule has 3 N–H and O–H groups in total. The Labute approximate surface area is 181 Å². The number of methoxy groups -OCH3 is 1. The Kier molecular flexibility index (Phi) is 6.61. The van der Waals surface area contributed by atoms with Crippen LogP contribution in [0.2, 0.25) is 0 Å². The summed E-state index contributed by atoms with van der Waals surface area (Å²) in [7, 11) is 1.65. The summed E-state index contributed by atoms with van der Waals surface area (Å²) < 4.78 is 20.4. The smallest absolute Gasteiger partial charge is 0.158 e. The largest absolute Gasteiger partial charge is 0.496 e. The van der Waals surface area contributed by atoms with Crippen molar-refractivity contribution >= 4 is 5.82 Å². The Morgan fingerprint density at radius 2 is 2.19 bits per heavy atom. The fourth-order valence-electron chi connectivity index (χ4n) is 4.37. The van der Waals surface area contributed by atoms with Crippen LogP contribution >= 0.6 is 0 Å². The molecule has 2 aromatic rings. The van der Waals surface area contributed by atoms with Gasteiger partial charge in [-0.05, 0) is 31.1 Å². The molecular formula is C22H28FN7O. The third kappa shape index (κ3) is 4.77. The molecule has 1 aromatic carbocycles. The molecule has 0 aliphatic carbocycles. The lowest BCUT2D eigenvalue weighted by molar-refractivity contribution is 0.122. The minimum absolute atomic E-state index is 0.0240. The first kappa shape index (κ1) is 21.4. The highest BCUT2D eigenvalue weighted by atomic mass is 19.1. The number of hydrazine groups is 1. The quantitative estimate of drug-likeness (QED) is 0.649. The molecule has 164 valence electrons. The highest BCUT2D eigenvalue weighted by Gasteiger charge is 2.32. The molecule has 4 rings (SSSR count). The van der Waals surface area contributed by atoms with Crippen molar-refractivity contribution in [3.63, 3.8) is 0 Å². The molecular weight excluding hydrogens is 397 g/mol. The summed E-state index contributed by atoms with van der Waals surface area (Å²) >= 11 is 0. The predicted molar refractivity (Wildman–Crippen MR) is 115 cm³/mol. The fourth-order valence-corrected chi connectivity index (χ4v) is 4.37. The number of aromatic nitrogens is 2. The van der Waals surface area contributed by atoms with Gasteiger partial charge in [-0.1, -0.05) is 19.1 Å². The molecule has 31 heavy (non-hydrogen) atoms. The van der Waals surface area contributed by atoms with E-state index in [9.17, 15) is 4.39 Å². The first-order valence-corrected chi connectivity index (χ1v) is 10.6. The number of alkyl halides is 1.